The standard InChI is InChI=1S/C16H30/c1-7-13(9-11(3)4)15-10-16(15)14(8-2)12(5)6/h7,11-12,14-16H,8-10H2,1-6H3. The summed E-state index contributed by atoms with van der Waals surface area (Å²) in [6.07, 6.45) is 6.52. The Balaban J connectivity index is 2.54. The van der Waals surface area contributed by atoms with Crippen LogP contribution in [-0.2, 0) is 0 Å². The number of allylic oxidation sites excluding steroid dienone is 2. The third-order valence-corrected chi connectivity index (χ3v) is 4.21. The van der Waals surface area contributed by atoms with E-state index in [0.717, 1.165) is 29.6 Å². The van der Waals surface area contributed by atoms with Gasteiger partial charge in [-0.25, -0.2) is 0 Å². The fourth-order valence-electron chi connectivity index (χ4n) is 3.34. The predicted octanol–water partition coefficient (Wildman–Crippen LogP) is 5.30. The molecule has 1 aliphatic rings. The largest absolute Gasteiger partial charge is 0.0882 e. The minimum Gasteiger partial charge on any atom is -0.0882 e. The SMILES string of the molecule is CC=C(CC(C)C)C1CC1C(CC)C(C)C. The summed E-state index contributed by atoms with van der Waals surface area (Å²) >= 11 is 0. The van der Waals surface area contributed by atoms with E-state index < -0.39 is 0 Å². The number of hydrogen-bond donors (Lipinski definition) is 0. The maximum Gasteiger partial charge on any atom is -0.0169 e. The molecule has 0 aromatic rings. The molecule has 3 atom stereocenters. The molecule has 0 amide bonds. The Morgan fingerprint density at radius 2 is 1.88 bits per heavy atom. The minimum atomic E-state index is 0.812. The molecule has 0 bridgehead atoms. The van der Waals surface area contributed by atoms with Crippen molar-refractivity contribution in [1.29, 1.82) is 0 Å². The first-order chi connectivity index (χ1) is 7.51. The molecule has 1 aliphatic carbocycles. The van der Waals surface area contributed by atoms with Crippen LogP contribution in [0.5, 0.6) is 0 Å². The van der Waals surface area contributed by atoms with Crippen molar-refractivity contribution in [3.63, 3.8) is 0 Å². The van der Waals surface area contributed by atoms with Crippen LogP contribution in [0.25, 0.3) is 0 Å². The molecule has 0 aromatic heterocycles. The summed E-state index contributed by atoms with van der Waals surface area (Å²) in [7, 11) is 0. The average molecular weight is 222 g/mol. The normalized spacial score (nSPS) is 27.6. The molecule has 0 heteroatoms. The summed E-state index contributed by atoms with van der Waals surface area (Å²) in [5.74, 6) is 4.55. The van der Waals surface area contributed by atoms with Gasteiger partial charge in [0.1, 0.15) is 0 Å². The van der Waals surface area contributed by atoms with E-state index in [2.05, 4.69) is 47.6 Å². The van der Waals surface area contributed by atoms with Crippen LogP contribution < -0.4 is 0 Å². The summed E-state index contributed by atoms with van der Waals surface area (Å²) in [6, 6.07) is 0. The highest BCUT2D eigenvalue weighted by Crippen LogP contribution is 2.53. The van der Waals surface area contributed by atoms with Gasteiger partial charge >= 0.3 is 0 Å². The molecule has 0 saturated heterocycles. The molecule has 0 aliphatic heterocycles. The lowest BCUT2D eigenvalue weighted by molar-refractivity contribution is 0.318. The van der Waals surface area contributed by atoms with Crippen LogP contribution in [0.15, 0.2) is 11.6 Å². The first kappa shape index (κ1) is 13.8. The van der Waals surface area contributed by atoms with Crippen LogP contribution >= 0.6 is 0 Å². The zero-order chi connectivity index (χ0) is 12.3. The maximum absolute atomic E-state index is 2.39. The van der Waals surface area contributed by atoms with Crippen molar-refractivity contribution in [1.82, 2.24) is 0 Å². The lowest BCUT2D eigenvalue weighted by Gasteiger charge is -2.20. The third-order valence-electron chi connectivity index (χ3n) is 4.21. The van der Waals surface area contributed by atoms with Gasteiger partial charge in [-0.05, 0) is 49.4 Å². The van der Waals surface area contributed by atoms with Gasteiger partial charge in [-0.3, -0.25) is 0 Å². The number of hydrogen-bond acceptors (Lipinski definition) is 0. The van der Waals surface area contributed by atoms with Crippen LogP contribution in [0, 0.1) is 29.6 Å². The highest BCUT2D eigenvalue weighted by atomic mass is 14.5. The summed E-state index contributed by atoms with van der Waals surface area (Å²) in [4.78, 5) is 0. The van der Waals surface area contributed by atoms with Gasteiger partial charge in [-0.2, -0.15) is 0 Å². The smallest absolute Gasteiger partial charge is 0.0169 e. The second kappa shape index (κ2) is 5.89. The van der Waals surface area contributed by atoms with Crippen LogP contribution in [0.2, 0.25) is 0 Å². The minimum absolute atomic E-state index is 0.812. The third kappa shape index (κ3) is 3.37. The van der Waals surface area contributed by atoms with Gasteiger partial charge < -0.3 is 0 Å². The molecule has 0 heterocycles. The molecule has 0 N–H and O–H groups in total. The monoisotopic (exact) mass is 222 g/mol. The Morgan fingerprint density at radius 1 is 1.25 bits per heavy atom. The lowest BCUT2D eigenvalue weighted by Crippen LogP contribution is -2.11. The van der Waals surface area contributed by atoms with Crippen molar-refractivity contribution in [2.24, 2.45) is 29.6 Å². The van der Waals surface area contributed by atoms with Crippen molar-refractivity contribution >= 4 is 0 Å². The summed E-state index contributed by atoms with van der Waals surface area (Å²) in [5.41, 5.74) is 1.74. The second-order valence-corrected chi connectivity index (χ2v) is 6.28. The Labute approximate surface area is 103 Å². The lowest BCUT2D eigenvalue weighted by atomic mass is 9.86. The Kier molecular flexibility index (Phi) is 5.08. The van der Waals surface area contributed by atoms with E-state index in [9.17, 15) is 0 Å². The van der Waals surface area contributed by atoms with Crippen molar-refractivity contribution in [2.45, 2.75) is 60.8 Å². The van der Waals surface area contributed by atoms with E-state index in [-0.39, 0.29) is 0 Å². The first-order valence-electron chi connectivity index (χ1n) is 7.16. The first-order valence-corrected chi connectivity index (χ1v) is 7.16. The molecular weight excluding hydrogens is 192 g/mol. The molecule has 0 spiro atoms. The van der Waals surface area contributed by atoms with Gasteiger partial charge in [-0.15, -0.1) is 0 Å². The molecule has 0 radical (unpaired) electrons. The molecule has 0 aromatic carbocycles. The fourth-order valence-corrected chi connectivity index (χ4v) is 3.34. The average Bonchev–Trinajstić information content (AvgIpc) is 2.94. The van der Waals surface area contributed by atoms with Crippen LogP contribution in [-0.4, -0.2) is 0 Å². The van der Waals surface area contributed by atoms with E-state index in [1.807, 2.05) is 0 Å². The highest BCUT2D eigenvalue weighted by molar-refractivity contribution is 5.16. The Morgan fingerprint density at radius 3 is 2.25 bits per heavy atom. The van der Waals surface area contributed by atoms with E-state index in [1.165, 1.54) is 19.3 Å². The van der Waals surface area contributed by atoms with Gasteiger partial charge in [0, 0.05) is 0 Å². The van der Waals surface area contributed by atoms with E-state index in [4.69, 9.17) is 0 Å². The number of rotatable bonds is 6. The molecule has 1 fully saturated rings. The molecule has 3 unspecified atom stereocenters. The predicted molar refractivity (Wildman–Crippen MR) is 73.4 cm³/mol. The van der Waals surface area contributed by atoms with Gasteiger partial charge in [0.15, 0.2) is 0 Å². The van der Waals surface area contributed by atoms with Gasteiger partial charge in [-0.1, -0.05) is 52.7 Å². The van der Waals surface area contributed by atoms with Crippen LogP contribution in [0.3, 0.4) is 0 Å². The second-order valence-electron chi connectivity index (χ2n) is 6.28. The Bertz CT molecular complexity index is 234. The molecule has 1 rings (SSSR count). The summed E-state index contributed by atoms with van der Waals surface area (Å²) in [6.45, 7) is 14.0. The van der Waals surface area contributed by atoms with E-state index in [1.54, 1.807) is 5.57 Å². The molecule has 0 nitrogen and oxygen atoms in total. The van der Waals surface area contributed by atoms with Crippen molar-refractivity contribution < 1.29 is 0 Å². The van der Waals surface area contributed by atoms with Crippen LogP contribution in [0.4, 0.5) is 0 Å². The summed E-state index contributed by atoms with van der Waals surface area (Å²) < 4.78 is 0. The fraction of sp³-hybridized carbons (Fsp3) is 0.875. The van der Waals surface area contributed by atoms with E-state index in [0.29, 0.717) is 0 Å². The van der Waals surface area contributed by atoms with Gasteiger partial charge in [0.05, 0.1) is 0 Å². The molecule has 1 saturated carbocycles. The van der Waals surface area contributed by atoms with Gasteiger partial charge in [0.2, 0.25) is 0 Å². The van der Waals surface area contributed by atoms with Crippen molar-refractivity contribution in [2.75, 3.05) is 0 Å². The van der Waals surface area contributed by atoms with E-state index >= 15 is 0 Å². The van der Waals surface area contributed by atoms with Crippen LogP contribution in [0.1, 0.15) is 60.8 Å². The highest BCUT2D eigenvalue weighted by Gasteiger charge is 2.44. The molecular formula is C16H30. The molecule has 16 heavy (non-hydrogen) atoms. The van der Waals surface area contributed by atoms with Crippen molar-refractivity contribution in [3.8, 4) is 0 Å². The quantitative estimate of drug-likeness (QED) is 0.535. The zero-order valence-electron chi connectivity index (χ0n) is 12.1. The maximum atomic E-state index is 2.39. The summed E-state index contributed by atoms with van der Waals surface area (Å²) in [5, 5.41) is 0. The van der Waals surface area contributed by atoms with Gasteiger partial charge in [0.25, 0.3) is 0 Å². The molecule has 94 valence electrons. The Hall–Kier alpha value is -0.260. The van der Waals surface area contributed by atoms with Crippen molar-refractivity contribution in [3.05, 3.63) is 11.6 Å². The topological polar surface area (TPSA) is 0 Å². The zero-order valence-corrected chi connectivity index (χ0v) is 12.1.